The van der Waals surface area contributed by atoms with Gasteiger partial charge in [0, 0.05) is 11.0 Å². The Bertz CT molecular complexity index is 836. The largest absolute Gasteiger partial charge is 0.309 e. The third kappa shape index (κ3) is 2.90. The fourth-order valence-corrected chi connectivity index (χ4v) is 2.73. The van der Waals surface area contributed by atoms with Crippen LogP contribution in [0.25, 0.3) is 11.0 Å². The van der Waals surface area contributed by atoms with E-state index < -0.39 is 0 Å². The number of benzene rings is 2. The summed E-state index contributed by atoms with van der Waals surface area (Å²) in [5, 5.41) is 4.31. The highest BCUT2D eigenvalue weighted by Gasteiger charge is 2.07. The van der Waals surface area contributed by atoms with E-state index in [2.05, 4.69) is 62.0 Å². The molecule has 0 aliphatic carbocycles. The van der Waals surface area contributed by atoms with Crippen LogP contribution in [0.5, 0.6) is 0 Å². The molecule has 5 heteroatoms. The third-order valence-corrected chi connectivity index (χ3v) is 4.40. The number of aromatic nitrogens is 2. The number of hydrazone groups is 1. The highest BCUT2D eigenvalue weighted by molar-refractivity contribution is 9.10. The van der Waals surface area contributed by atoms with Crippen LogP contribution in [0.1, 0.15) is 18.1 Å². The Hall–Kier alpha value is -2.14. The molecule has 0 fully saturated rings. The molecule has 0 aliphatic heterocycles. The Kier molecular flexibility index (Phi) is 4.24. The van der Waals surface area contributed by atoms with Crippen molar-refractivity contribution in [1.82, 2.24) is 9.55 Å². The van der Waals surface area contributed by atoms with Gasteiger partial charge in [-0.15, -0.1) is 0 Å². The summed E-state index contributed by atoms with van der Waals surface area (Å²) >= 11 is 3.53. The number of halogens is 1. The Labute approximate surface area is 138 Å². The molecule has 3 rings (SSSR count). The van der Waals surface area contributed by atoms with Gasteiger partial charge in [0.15, 0.2) is 0 Å². The van der Waals surface area contributed by atoms with Crippen molar-refractivity contribution in [2.45, 2.75) is 20.4 Å². The predicted octanol–water partition coefficient (Wildman–Crippen LogP) is 4.57. The van der Waals surface area contributed by atoms with E-state index in [1.54, 1.807) is 6.21 Å². The third-order valence-electron chi connectivity index (χ3n) is 3.54. The zero-order valence-electron chi connectivity index (χ0n) is 12.5. The van der Waals surface area contributed by atoms with E-state index in [4.69, 9.17) is 0 Å². The molecule has 1 N–H and O–H groups in total. The molecule has 0 aliphatic rings. The summed E-state index contributed by atoms with van der Waals surface area (Å²) in [6, 6.07) is 14.2. The van der Waals surface area contributed by atoms with Crippen molar-refractivity contribution in [2.75, 3.05) is 5.43 Å². The molecule has 0 unspecified atom stereocenters. The minimum atomic E-state index is 0.756. The van der Waals surface area contributed by atoms with E-state index in [0.29, 0.717) is 0 Å². The van der Waals surface area contributed by atoms with Crippen LogP contribution in [-0.2, 0) is 6.54 Å². The molecule has 2 aromatic carbocycles. The first-order chi connectivity index (χ1) is 10.7. The first kappa shape index (κ1) is 14.8. The molecule has 0 spiro atoms. The normalized spacial score (nSPS) is 11.4. The average Bonchev–Trinajstić information content (AvgIpc) is 2.88. The van der Waals surface area contributed by atoms with Crippen LogP contribution in [0.3, 0.4) is 0 Å². The summed E-state index contributed by atoms with van der Waals surface area (Å²) in [6.45, 7) is 5.00. The molecule has 0 saturated heterocycles. The van der Waals surface area contributed by atoms with Crippen LogP contribution in [0.2, 0.25) is 0 Å². The lowest BCUT2D eigenvalue weighted by Crippen LogP contribution is -2.01. The average molecular weight is 357 g/mol. The van der Waals surface area contributed by atoms with Crippen molar-refractivity contribution >= 4 is 39.1 Å². The smallest absolute Gasteiger partial charge is 0.224 e. The zero-order chi connectivity index (χ0) is 15.5. The summed E-state index contributed by atoms with van der Waals surface area (Å²) < 4.78 is 3.19. The van der Waals surface area contributed by atoms with Crippen LogP contribution in [0, 0.1) is 6.92 Å². The summed E-state index contributed by atoms with van der Waals surface area (Å²) in [7, 11) is 0. The van der Waals surface area contributed by atoms with Crippen LogP contribution >= 0.6 is 15.9 Å². The predicted molar refractivity (Wildman–Crippen MR) is 95.5 cm³/mol. The van der Waals surface area contributed by atoms with Crippen LogP contribution in [0.4, 0.5) is 5.95 Å². The Morgan fingerprint density at radius 2 is 2.09 bits per heavy atom. The monoisotopic (exact) mass is 356 g/mol. The van der Waals surface area contributed by atoms with Gasteiger partial charge in [-0.2, -0.15) is 5.10 Å². The number of anilines is 1. The lowest BCUT2D eigenvalue weighted by Gasteiger charge is -2.04. The van der Waals surface area contributed by atoms with E-state index in [9.17, 15) is 0 Å². The lowest BCUT2D eigenvalue weighted by atomic mass is 10.2. The molecule has 0 amide bonds. The van der Waals surface area contributed by atoms with Gasteiger partial charge in [0.1, 0.15) is 0 Å². The molecule has 0 radical (unpaired) electrons. The number of nitrogens with one attached hydrogen (secondary N) is 1. The van der Waals surface area contributed by atoms with E-state index in [0.717, 1.165) is 33.6 Å². The van der Waals surface area contributed by atoms with E-state index in [1.807, 2.05) is 30.3 Å². The van der Waals surface area contributed by atoms with Gasteiger partial charge in [0.2, 0.25) is 5.95 Å². The number of fused-ring (bicyclic) bond motifs is 1. The molecule has 0 saturated carbocycles. The van der Waals surface area contributed by atoms with Gasteiger partial charge in [-0.05, 0) is 43.2 Å². The minimum Gasteiger partial charge on any atom is -0.309 e. The van der Waals surface area contributed by atoms with Gasteiger partial charge in [0.25, 0.3) is 0 Å². The molecular weight excluding hydrogens is 340 g/mol. The summed E-state index contributed by atoms with van der Waals surface area (Å²) in [5.41, 5.74) is 7.36. The van der Waals surface area contributed by atoms with Crippen molar-refractivity contribution < 1.29 is 0 Å². The quantitative estimate of drug-likeness (QED) is 0.549. The van der Waals surface area contributed by atoms with Gasteiger partial charge in [0.05, 0.1) is 17.2 Å². The molecule has 0 atom stereocenters. The van der Waals surface area contributed by atoms with Crippen LogP contribution in [0.15, 0.2) is 52.0 Å². The van der Waals surface area contributed by atoms with Gasteiger partial charge in [-0.25, -0.2) is 10.4 Å². The second-order valence-corrected chi connectivity index (χ2v) is 5.90. The molecule has 1 aromatic heterocycles. The fraction of sp³-hybridized carbons (Fsp3) is 0.176. The highest BCUT2D eigenvalue weighted by atomic mass is 79.9. The molecule has 4 nitrogen and oxygen atoms in total. The Balaban J connectivity index is 1.84. The van der Waals surface area contributed by atoms with Crippen LogP contribution < -0.4 is 5.43 Å². The Morgan fingerprint density at radius 1 is 1.27 bits per heavy atom. The number of rotatable bonds is 4. The summed E-state index contributed by atoms with van der Waals surface area (Å²) in [6.07, 6.45) is 1.80. The molecule has 1 heterocycles. The van der Waals surface area contributed by atoms with Crippen molar-refractivity contribution in [2.24, 2.45) is 5.10 Å². The van der Waals surface area contributed by atoms with Crippen molar-refractivity contribution in [1.29, 1.82) is 0 Å². The zero-order valence-corrected chi connectivity index (χ0v) is 14.1. The first-order valence-corrected chi connectivity index (χ1v) is 7.99. The van der Waals surface area contributed by atoms with Gasteiger partial charge in [-0.1, -0.05) is 40.2 Å². The SMILES string of the molecule is CCn1c(N/N=C\c2ccc(C)c(Br)c2)nc2ccccc21. The molecular formula is C17H17BrN4. The first-order valence-electron chi connectivity index (χ1n) is 7.19. The standard InChI is InChI=1S/C17H17BrN4/c1-3-22-16-7-5-4-6-15(16)20-17(22)21-19-11-13-9-8-12(2)14(18)10-13/h4-11H,3H2,1-2H3,(H,20,21)/b19-11-. The molecule has 22 heavy (non-hydrogen) atoms. The van der Waals surface area contributed by atoms with Gasteiger partial charge >= 0.3 is 0 Å². The summed E-state index contributed by atoms with van der Waals surface area (Å²) in [4.78, 5) is 4.58. The number of hydrogen-bond acceptors (Lipinski definition) is 3. The number of nitrogens with zero attached hydrogens (tertiary/aromatic N) is 3. The molecule has 112 valence electrons. The lowest BCUT2D eigenvalue weighted by molar-refractivity contribution is 0.791. The minimum absolute atomic E-state index is 0.756. The maximum absolute atomic E-state index is 4.58. The van der Waals surface area contributed by atoms with E-state index >= 15 is 0 Å². The topological polar surface area (TPSA) is 42.2 Å². The maximum atomic E-state index is 4.58. The second kappa shape index (κ2) is 6.32. The second-order valence-electron chi connectivity index (χ2n) is 5.05. The van der Waals surface area contributed by atoms with E-state index in [1.165, 1.54) is 5.56 Å². The maximum Gasteiger partial charge on any atom is 0.224 e. The molecule has 0 bridgehead atoms. The number of imidazole rings is 1. The van der Waals surface area contributed by atoms with Gasteiger partial charge in [-0.3, -0.25) is 0 Å². The van der Waals surface area contributed by atoms with Crippen molar-refractivity contribution in [3.8, 4) is 0 Å². The van der Waals surface area contributed by atoms with Crippen molar-refractivity contribution in [3.05, 3.63) is 58.1 Å². The highest BCUT2D eigenvalue weighted by Crippen LogP contribution is 2.19. The number of hydrogen-bond donors (Lipinski definition) is 1. The van der Waals surface area contributed by atoms with Crippen LogP contribution in [-0.4, -0.2) is 15.8 Å². The number of para-hydroxylation sites is 2. The van der Waals surface area contributed by atoms with E-state index in [-0.39, 0.29) is 0 Å². The number of aryl methyl sites for hydroxylation is 2. The Morgan fingerprint density at radius 3 is 2.86 bits per heavy atom. The van der Waals surface area contributed by atoms with Crippen molar-refractivity contribution in [3.63, 3.8) is 0 Å². The fourth-order valence-electron chi connectivity index (χ4n) is 2.33. The summed E-state index contributed by atoms with van der Waals surface area (Å²) in [5.74, 6) is 0.756. The molecule has 3 aromatic rings. The van der Waals surface area contributed by atoms with Gasteiger partial charge < -0.3 is 4.57 Å².